The SMILES string of the molecule is C[C@H](c1ccc(-n2cncn2)cc1)N(C)Cc1nc2ccccc2o1. The van der Waals surface area contributed by atoms with Crippen molar-refractivity contribution in [2.24, 2.45) is 0 Å². The number of nitrogens with zero attached hydrogens (tertiary/aromatic N) is 5. The van der Waals surface area contributed by atoms with E-state index in [-0.39, 0.29) is 6.04 Å². The molecule has 0 saturated heterocycles. The molecule has 0 fully saturated rings. The maximum atomic E-state index is 5.82. The van der Waals surface area contributed by atoms with Crippen molar-refractivity contribution in [3.8, 4) is 5.69 Å². The van der Waals surface area contributed by atoms with Crippen LogP contribution in [0.4, 0.5) is 0 Å². The second kappa shape index (κ2) is 6.49. The van der Waals surface area contributed by atoms with E-state index in [1.807, 2.05) is 36.4 Å². The van der Waals surface area contributed by atoms with Gasteiger partial charge in [0.15, 0.2) is 5.58 Å². The number of benzene rings is 2. The molecule has 6 heteroatoms. The van der Waals surface area contributed by atoms with Crippen LogP contribution in [-0.4, -0.2) is 31.7 Å². The highest BCUT2D eigenvalue weighted by atomic mass is 16.3. The number of oxazole rings is 1. The third-order valence-corrected chi connectivity index (χ3v) is 4.44. The molecule has 0 amide bonds. The van der Waals surface area contributed by atoms with Crippen molar-refractivity contribution in [3.05, 3.63) is 72.6 Å². The Balaban J connectivity index is 1.48. The maximum Gasteiger partial charge on any atom is 0.209 e. The van der Waals surface area contributed by atoms with Gasteiger partial charge in [0.25, 0.3) is 0 Å². The second-order valence-electron chi connectivity index (χ2n) is 6.10. The molecule has 0 unspecified atom stereocenters. The van der Waals surface area contributed by atoms with Crippen LogP contribution in [0.1, 0.15) is 24.4 Å². The van der Waals surface area contributed by atoms with E-state index >= 15 is 0 Å². The maximum absolute atomic E-state index is 5.82. The minimum atomic E-state index is 0.236. The fourth-order valence-electron chi connectivity index (χ4n) is 2.84. The van der Waals surface area contributed by atoms with Gasteiger partial charge in [-0.1, -0.05) is 24.3 Å². The quantitative estimate of drug-likeness (QED) is 0.558. The van der Waals surface area contributed by atoms with Gasteiger partial charge in [-0.25, -0.2) is 14.6 Å². The minimum absolute atomic E-state index is 0.236. The average Bonchev–Trinajstić information content (AvgIpc) is 3.30. The van der Waals surface area contributed by atoms with Crippen LogP contribution in [0.5, 0.6) is 0 Å². The Labute approximate surface area is 145 Å². The molecule has 4 rings (SSSR count). The zero-order valence-electron chi connectivity index (χ0n) is 14.2. The van der Waals surface area contributed by atoms with E-state index in [1.54, 1.807) is 11.0 Å². The lowest BCUT2D eigenvalue weighted by atomic mass is 10.1. The van der Waals surface area contributed by atoms with Crippen LogP contribution in [0.2, 0.25) is 0 Å². The smallest absolute Gasteiger partial charge is 0.209 e. The lowest BCUT2D eigenvalue weighted by molar-refractivity contribution is 0.230. The van der Waals surface area contributed by atoms with E-state index in [0.717, 1.165) is 22.7 Å². The highest BCUT2D eigenvalue weighted by Gasteiger charge is 2.15. The first-order valence-corrected chi connectivity index (χ1v) is 8.20. The third-order valence-electron chi connectivity index (χ3n) is 4.44. The number of aromatic nitrogens is 4. The average molecular weight is 333 g/mol. The molecule has 1 atom stereocenters. The first-order valence-electron chi connectivity index (χ1n) is 8.20. The molecular formula is C19H19N5O. The summed E-state index contributed by atoms with van der Waals surface area (Å²) in [6.45, 7) is 2.83. The van der Waals surface area contributed by atoms with Gasteiger partial charge in [0.2, 0.25) is 5.89 Å². The van der Waals surface area contributed by atoms with Gasteiger partial charge >= 0.3 is 0 Å². The Morgan fingerprint density at radius 1 is 1.12 bits per heavy atom. The van der Waals surface area contributed by atoms with Crippen molar-refractivity contribution in [2.75, 3.05) is 7.05 Å². The standard InChI is InChI=1S/C19H19N5O/c1-14(15-7-9-16(10-8-15)24-13-20-12-21-24)23(2)11-19-22-17-5-3-4-6-18(17)25-19/h3-10,12-14H,11H2,1-2H3/t14-/m1/s1. The van der Waals surface area contributed by atoms with Gasteiger partial charge in [0.1, 0.15) is 18.2 Å². The van der Waals surface area contributed by atoms with Crippen LogP contribution in [0, 0.1) is 0 Å². The number of para-hydroxylation sites is 2. The second-order valence-corrected chi connectivity index (χ2v) is 6.10. The molecule has 6 nitrogen and oxygen atoms in total. The van der Waals surface area contributed by atoms with Crippen LogP contribution in [0.15, 0.2) is 65.6 Å². The van der Waals surface area contributed by atoms with Crippen molar-refractivity contribution >= 4 is 11.1 Å². The Hall–Kier alpha value is -2.99. The van der Waals surface area contributed by atoms with Gasteiger partial charge in [-0.15, -0.1) is 0 Å². The van der Waals surface area contributed by atoms with E-state index in [1.165, 1.54) is 11.9 Å². The first-order chi connectivity index (χ1) is 12.2. The third kappa shape index (κ3) is 3.16. The zero-order chi connectivity index (χ0) is 17.2. The van der Waals surface area contributed by atoms with Crippen LogP contribution >= 0.6 is 0 Å². The summed E-state index contributed by atoms with van der Waals surface area (Å²) in [5.74, 6) is 0.731. The van der Waals surface area contributed by atoms with Crippen LogP contribution in [0.3, 0.4) is 0 Å². The molecule has 0 spiro atoms. The summed E-state index contributed by atoms with van der Waals surface area (Å²) >= 11 is 0. The number of hydrogen-bond acceptors (Lipinski definition) is 5. The summed E-state index contributed by atoms with van der Waals surface area (Å²) in [7, 11) is 2.07. The van der Waals surface area contributed by atoms with Gasteiger partial charge in [-0.3, -0.25) is 4.90 Å². The molecule has 25 heavy (non-hydrogen) atoms. The van der Waals surface area contributed by atoms with E-state index in [0.29, 0.717) is 6.54 Å². The Bertz CT molecular complexity index is 926. The van der Waals surface area contributed by atoms with Gasteiger partial charge < -0.3 is 4.42 Å². The number of hydrogen-bond donors (Lipinski definition) is 0. The highest BCUT2D eigenvalue weighted by molar-refractivity contribution is 5.72. The molecule has 0 aliphatic carbocycles. The van der Waals surface area contributed by atoms with Crippen LogP contribution in [0.25, 0.3) is 16.8 Å². The molecule has 2 aromatic heterocycles. The van der Waals surface area contributed by atoms with Crippen LogP contribution < -0.4 is 0 Å². The molecule has 0 bridgehead atoms. The van der Waals surface area contributed by atoms with Crippen molar-refractivity contribution in [2.45, 2.75) is 19.5 Å². The first kappa shape index (κ1) is 15.5. The molecule has 0 aliphatic heterocycles. The van der Waals surface area contributed by atoms with E-state index < -0.39 is 0 Å². The predicted molar refractivity (Wildman–Crippen MR) is 95.3 cm³/mol. The predicted octanol–water partition coefficient (Wildman–Crippen LogP) is 3.60. The van der Waals surface area contributed by atoms with Crippen molar-refractivity contribution in [1.29, 1.82) is 0 Å². The minimum Gasteiger partial charge on any atom is -0.439 e. The summed E-state index contributed by atoms with van der Waals surface area (Å²) in [4.78, 5) is 10.7. The fourth-order valence-corrected chi connectivity index (χ4v) is 2.84. The summed E-state index contributed by atoms with van der Waals surface area (Å²) in [6, 6.07) is 16.4. The summed E-state index contributed by atoms with van der Waals surface area (Å²) < 4.78 is 7.57. The zero-order valence-corrected chi connectivity index (χ0v) is 14.2. The normalized spacial score (nSPS) is 12.8. The molecule has 0 N–H and O–H groups in total. The number of fused-ring (bicyclic) bond motifs is 1. The highest BCUT2D eigenvalue weighted by Crippen LogP contribution is 2.23. The Kier molecular flexibility index (Phi) is 4.03. The summed E-state index contributed by atoms with van der Waals surface area (Å²) in [6.07, 6.45) is 3.22. The molecule has 2 heterocycles. The van der Waals surface area contributed by atoms with Crippen LogP contribution in [-0.2, 0) is 6.54 Å². The van der Waals surface area contributed by atoms with Crippen molar-refractivity contribution < 1.29 is 4.42 Å². The van der Waals surface area contributed by atoms with Crippen molar-refractivity contribution in [1.82, 2.24) is 24.6 Å². The van der Waals surface area contributed by atoms with E-state index in [2.05, 4.69) is 46.1 Å². The van der Waals surface area contributed by atoms with Gasteiger partial charge in [-0.2, -0.15) is 5.10 Å². The lowest BCUT2D eigenvalue weighted by Crippen LogP contribution is -2.22. The largest absolute Gasteiger partial charge is 0.439 e. The Morgan fingerprint density at radius 3 is 2.64 bits per heavy atom. The fraction of sp³-hybridized carbons (Fsp3) is 0.211. The molecular weight excluding hydrogens is 314 g/mol. The lowest BCUT2D eigenvalue weighted by Gasteiger charge is -2.23. The summed E-state index contributed by atoms with van der Waals surface area (Å²) in [5.41, 5.74) is 3.95. The Morgan fingerprint density at radius 2 is 1.92 bits per heavy atom. The monoisotopic (exact) mass is 333 g/mol. The summed E-state index contributed by atoms with van der Waals surface area (Å²) in [5, 5.41) is 4.15. The molecule has 126 valence electrons. The van der Waals surface area contributed by atoms with Crippen molar-refractivity contribution in [3.63, 3.8) is 0 Å². The molecule has 0 radical (unpaired) electrons. The number of rotatable bonds is 5. The van der Waals surface area contributed by atoms with Gasteiger partial charge in [0.05, 0.1) is 12.2 Å². The van der Waals surface area contributed by atoms with E-state index in [4.69, 9.17) is 4.42 Å². The topological polar surface area (TPSA) is 60.0 Å². The molecule has 2 aromatic carbocycles. The van der Waals surface area contributed by atoms with Gasteiger partial charge in [0, 0.05) is 6.04 Å². The molecule has 0 aliphatic rings. The van der Waals surface area contributed by atoms with E-state index in [9.17, 15) is 0 Å². The van der Waals surface area contributed by atoms with Gasteiger partial charge in [-0.05, 0) is 43.8 Å². The molecule has 4 aromatic rings. The molecule has 0 saturated carbocycles.